The molecule has 2 aliphatic rings. The Morgan fingerprint density at radius 1 is 1.17 bits per heavy atom. The number of nitrogens with one attached hydrogen (secondary N) is 2. The van der Waals surface area contributed by atoms with E-state index in [1.807, 2.05) is 0 Å². The number of ether oxygens (including phenoxy) is 1. The fourth-order valence-corrected chi connectivity index (χ4v) is 2.06. The number of hydrogen-bond donors (Lipinski definition) is 2. The summed E-state index contributed by atoms with van der Waals surface area (Å²) in [5.74, 6) is 0.856. The Labute approximate surface area is 73.9 Å². The van der Waals surface area contributed by atoms with E-state index in [1.165, 1.54) is 25.9 Å². The highest BCUT2D eigenvalue weighted by Gasteiger charge is 2.21. The SMILES string of the molecule is C1CC(CC2CNCCO2)CN1. The van der Waals surface area contributed by atoms with Gasteiger partial charge in [-0.05, 0) is 31.8 Å². The lowest BCUT2D eigenvalue weighted by molar-refractivity contribution is 0.0150. The van der Waals surface area contributed by atoms with Crippen molar-refractivity contribution in [3.63, 3.8) is 0 Å². The molecule has 0 aromatic heterocycles. The van der Waals surface area contributed by atoms with Gasteiger partial charge in [-0.3, -0.25) is 0 Å². The first kappa shape index (κ1) is 8.48. The van der Waals surface area contributed by atoms with Crippen molar-refractivity contribution < 1.29 is 4.74 Å². The van der Waals surface area contributed by atoms with Gasteiger partial charge in [0.05, 0.1) is 12.7 Å². The molecule has 70 valence electrons. The zero-order valence-corrected chi connectivity index (χ0v) is 7.51. The summed E-state index contributed by atoms with van der Waals surface area (Å²) in [6.45, 7) is 5.37. The highest BCUT2D eigenvalue weighted by Crippen LogP contribution is 2.16. The molecule has 2 fully saturated rings. The van der Waals surface area contributed by atoms with Gasteiger partial charge in [-0.2, -0.15) is 0 Å². The standard InChI is InChI=1S/C9H18N2O/c1-2-10-6-8(1)5-9-7-11-3-4-12-9/h8-11H,1-7H2. The van der Waals surface area contributed by atoms with Crippen LogP contribution in [0.25, 0.3) is 0 Å². The van der Waals surface area contributed by atoms with Gasteiger partial charge in [0, 0.05) is 13.1 Å². The smallest absolute Gasteiger partial charge is 0.0703 e. The van der Waals surface area contributed by atoms with Crippen molar-refractivity contribution in [2.45, 2.75) is 18.9 Å². The Hall–Kier alpha value is -0.120. The summed E-state index contributed by atoms with van der Waals surface area (Å²) < 4.78 is 5.65. The van der Waals surface area contributed by atoms with Crippen LogP contribution in [-0.4, -0.2) is 38.9 Å². The van der Waals surface area contributed by atoms with Gasteiger partial charge in [0.1, 0.15) is 0 Å². The largest absolute Gasteiger partial charge is 0.376 e. The van der Waals surface area contributed by atoms with Crippen molar-refractivity contribution >= 4 is 0 Å². The van der Waals surface area contributed by atoms with E-state index in [1.54, 1.807) is 0 Å². The van der Waals surface area contributed by atoms with Crippen LogP contribution in [0, 0.1) is 5.92 Å². The summed E-state index contributed by atoms with van der Waals surface area (Å²) in [4.78, 5) is 0. The first-order chi connectivity index (χ1) is 5.95. The summed E-state index contributed by atoms with van der Waals surface area (Å²) in [6, 6.07) is 0. The first-order valence-corrected chi connectivity index (χ1v) is 4.98. The third kappa shape index (κ3) is 2.19. The quantitative estimate of drug-likeness (QED) is 0.611. The van der Waals surface area contributed by atoms with Gasteiger partial charge in [0.15, 0.2) is 0 Å². The lowest BCUT2D eigenvalue weighted by atomic mass is 10.0. The van der Waals surface area contributed by atoms with Crippen LogP contribution < -0.4 is 10.6 Å². The Balaban J connectivity index is 1.69. The van der Waals surface area contributed by atoms with Gasteiger partial charge < -0.3 is 15.4 Å². The molecule has 2 atom stereocenters. The fraction of sp³-hybridized carbons (Fsp3) is 1.00. The molecule has 2 heterocycles. The molecule has 2 aliphatic heterocycles. The van der Waals surface area contributed by atoms with Gasteiger partial charge in [-0.1, -0.05) is 0 Å². The molecule has 0 aromatic carbocycles. The van der Waals surface area contributed by atoms with Crippen LogP contribution in [0.2, 0.25) is 0 Å². The average molecular weight is 170 g/mol. The monoisotopic (exact) mass is 170 g/mol. The molecule has 0 amide bonds. The summed E-state index contributed by atoms with van der Waals surface area (Å²) in [5, 5.41) is 6.75. The van der Waals surface area contributed by atoms with Crippen molar-refractivity contribution in [3.8, 4) is 0 Å². The van der Waals surface area contributed by atoms with Gasteiger partial charge in [-0.25, -0.2) is 0 Å². The normalized spacial score (nSPS) is 37.0. The predicted octanol–water partition coefficient (Wildman–Crippen LogP) is -0.0256. The molecule has 3 heteroatoms. The molecule has 0 radical (unpaired) electrons. The number of morpholine rings is 1. The minimum absolute atomic E-state index is 0.476. The molecular formula is C9H18N2O. The average Bonchev–Trinajstić information content (AvgIpc) is 2.59. The molecular weight excluding hydrogens is 152 g/mol. The van der Waals surface area contributed by atoms with Crippen LogP contribution in [0.3, 0.4) is 0 Å². The molecule has 0 aromatic rings. The first-order valence-electron chi connectivity index (χ1n) is 4.98. The minimum atomic E-state index is 0.476. The number of hydrogen-bond acceptors (Lipinski definition) is 3. The molecule has 3 nitrogen and oxygen atoms in total. The summed E-state index contributed by atoms with van der Waals surface area (Å²) in [7, 11) is 0. The van der Waals surface area contributed by atoms with Crippen LogP contribution in [0.4, 0.5) is 0 Å². The lowest BCUT2D eigenvalue weighted by Gasteiger charge is -2.25. The Bertz CT molecular complexity index is 128. The topological polar surface area (TPSA) is 33.3 Å². The Morgan fingerprint density at radius 3 is 2.75 bits per heavy atom. The van der Waals surface area contributed by atoms with Crippen molar-refractivity contribution in [1.82, 2.24) is 10.6 Å². The fourth-order valence-electron chi connectivity index (χ4n) is 2.06. The van der Waals surface area contributed by atoms with Crippen LogP contribution >= 0.6 is 0 Å². The molecule has 2 unspecified atom stereocenters. The summed E-state index contributed by atoms with van der Waals surface area (Å²) in [6.07, 6.45) is 3.04. The molecule has 0 aliphatic carbocycles. The van der Waals surface area contributed by atoms with Crippen LogP contribution in [0.1, 0.15) is 12.8 Å². The van der Waals surface area contributed by atoms with Gasteiger partial charge in [0.25, 0.3) is 0 Å². The maximum absolute atomic E-state index is 5.65. The van der Waals surface area contributed by atoms with E-state index in [0.29, 0.717) is 6.10 Å². The summed E-state index contributed by atoms with van der Waals surface area (Å²) >= 11 is 0. The van der Waals surface area contributed by atoms with Crippen molar-refractivity contribution in [3.05, 3.63) is 0 Å². The molecule has 2 N–H and O–H groups in total. The van der Waals surface area contributed by atoms with Crippen molar-refractivity contribution in [2.75, 3.05) is 32.8 Å². The third-order valence-corrected chi connectivity index (χ3v) is 2.76. The van der Waals surface area contributed by atoms with E-state index in [4.69, 9.17) is 4.74 Å². The van der Waals surface area contributed by atoms with E-state index < -0.39 is 0 Å². The van der Waals surface area contributed by atoms with Crippen LogP contribution in [0.5, 0.6) is 0 Å². The second kappa shape index (κ2) is 4.21. The molecule has 0 bridgehead atoms. The maximum Gasteiger partial charge on any atom is 0.0703 e. The third-order valence-electron chi connectivity index (χ3n) is 2.76. The summed E-state index contributed by atoms with van der Waals surface area (Å²) in [5.41, 5.74) is 0. The molecule has 2 saturated heterocycles. The van der Waals surface area contributed by atoms with Gasteiger partial charge in [-0.15, -0.1) is 0 Å². The number of rotatable bonds is 2. The highest BCUT2D eigenvalue weighted by atomic mass is 16.5. The van der Waals surface area contributed by atoms with Crippen molar-refractivity contribution in [1.29, 1.82) is 0 Å². The molecule has 12 heavy (non-hydrogen) atoms. The van der Waals surface area contributed by atoms with Gasteiger partial charge in [0.2, 0.25) is 0 Å². The van der Waals surface area contributed by atoms with Crippen LogP contribution in [-0.2, 0) is 4.74 Å². The zero-order valence-electron chi connectivity index (χ0n) is 7.51. The minimum Gasteiger partial charge on any atom is -0.376 e. The second-order valence-electron chi connectivity index (χ2n) is 3.79. The van der Waals surface area contributed by atoms with E-state index in [-0.39, 0.29) is 0 Å². The lowest BCUT2D eigenvalue weighted by Crippen LogP contribution is -2.39. The van der Waals surface area contributed by atoms with E-state index in [2.05, 4.69) is 10.6 Å². The van der Waals surface area contributed by atoms with Crippen LogP contribution in [0.15, 0.2) is 0 Å². The maximum atomic E-state index is 5.65. The molecule has 0 spiro atoms. The van der Waals surface area contributed by atoms with E-state index in [9.17, 15) is 0 Å². The highest BCUT2D eigenvalue weighted by molar-refractivity contribution is 4.77. The van der Waals surface area contributed by atoms with Gasteiger partial charge >= 0.3 is 0 Å². The Morgan fingerprint density at radius 2 is 2.08 bits per heavy atom. The molecule has 2 rings (SSSR count). The second-order valence-corrected chi connectivity index (χ2v) is 3.79. The Kier molecular flexibility index (Phi) is 2.98. The predicted molar refractivity (Wildman–Crippen MR) is 48.2 cm³/mol. The van der Waals surface area contributed by atoms with Crippen molar-refractivity contribution in [2.24, 2.45) is 5.92 Å². The van der Waals surface area contributed by atoms with E-state index >= 15 is 0 Å². The molecule has 0 saturated carbocycles. The van der Waals surface area contributed by atoms with E-state index in [0.717, 1.165) is 25.6 Å². The zero-order chi connectivity index (χ0) is 8.23.